The monoisotopic (exact) mass is 161 g/mol. The molecule has 0 saturated heterocycles. The highest BCUT2D eigenvalue weighted by Gasteiger charge is 2.16. The summed E-state index contributed by atoms with van der Waals surface area (Å²) in [5.41, 5.74) is 0. The van der Waals surface area contributed by atoms with Crippen LogP contribution in [-0.4, -0.2) is 37.2 Å². The van der Waals surface area contributed by atoms with E-state index in [1.165, 1.54) is 7.11 Å². The van der Waals surface area contributed by atoms with E-state index in [2.05, 4.69) is 10.1 Å². The van der Waals surface area contributed by atoms with Crippen molar-refractivity contribution in [3.8, 4) is 0 Å². The summed E-state index contributed by atoms with van der Waals surface area (Å²) >= 11 is 0. The third-order valence-electron chi connectivity index (χ3n) is 1.17. The normalized spacial score (nSPS) is 11.8. The molecule has 2 N–H and O–H groups in total. The van der Waals surface area contributed by atoms with Crippen molar-refractivity contribution >= 4 is 12.4 Å². The molecule has 0 aliphatic heterocycles. The van der Waals surface area contributed by atoms with Gasteiger partial charge in [-0.3, -0.25) is 4.79 Å². The van der Waals surface area contributed by atoms with E-state index >= 15 is 0 Å². The Labute approximate surface area is 64.3 Å². The Morgan fingerprint density at radius 2 is 2.45 bits per heavy atom. The minimum absolute atomic E-state index is 0.166. The molecule has 0 aliphatic carbocycles. The molecule has 0 spiro atoms. The summed E-state index contributed by atoms with van der Waals surface area (Å²) in [6, 6.07) is -0.734. The molecule has 0 saturated carbocycles. The lowest BCUT2D eigenvalue weighted by molar-refractivity contribution is -0.144. The van der Waals surface area contributed by atoms with Gasteiger partial charge in [0.05, 0.1) is 7.11 Å². The first-order valence-corrected chi connectivity index (χ1v) is 3.14. The molecule has 0 aliphatic rings. The van der Waals surface area contributed by atoms with Crippen molar-refractivity contribution in [3.05, 3.63) is 0 Å². The van der Waals surface area contributed by atoms with Crippen LogP contribution in [-0.2, 0) is 14.3 Å². The standard InChI is InChI=1S/C6H11NO4/c1-11-6(10)5(2-3-8)7-4-9/h4-5,8H,2-3H2,1H3,(H,7,9)/t5-/m0/s1. The van der Waals surface area contributed by atoms with Gasteiger partial charge in [-0.1, -0.05) is 0 Å². The summed E-state index contributed by atoms with van der Waals surface area (Å²) < 4.78 is 4.35. The first-order valence-electron chi connectivity index (χ1n) is 3.14. The van der Waals surface area contributed by atoms with Gasteiger partial charge in [0.25, 0.3) is 0 Å². The number of carbonyl (C=O) groups excluding carboxylic acids is 2. The molecular weight excluding hydrogens is 150 g/mol. The zero-order valence-corrected chi connectivity index (χ0v) is 6.24. The van der Waals surface area contributed by atoms with Crippen molar-refractivity contribution in [1.82, 2.24) is 5.32 Å². The van der Waals surface area contributed by atoms with E-state index in [1.54, 1.807) is 0 Å². The number of methoxy groups -OCH3 is 1. The van der Waals surface area contributed by atoms with Crippen molar-refractivity contribution in [1.29, 1.82) is 0 Å². The molecule has 0 bridgehead atoms. The number of hydrogen-bond donors (Lipinski definition) is 2. The van der Waals surface area contributed by atoms with Gasteiger partial charge in [0.1, 0.15) is 6.04 Å². The minimum atomic E-state index is -0.734. The fourth-order valence-corrected chi connectivity index (χ4v) is 0.623. The zero-order valence-electron chi connectivity index (χ0n) is 6.24. The van der Waals surface area contributed by atoms with Crippen LogP contribution in [0.4, 0.5) is 0 Å². The van der Waals surface area contributed by atoms with Gasteiger partial charge in [0, 0.05) is 13.0 Å². The fraction of sp³-hybridized carbons (Fsp3) is 0.667. The average molecular weight is 161 g/mol. The summed E-state index contributed by atoms with van der Waals surface area (Å²) in [4.78, 5) is 20.6. The van der Waals surface area contributed by atoms with Gasteiger partial charge in [-0.25, -0.2) is 4.79 Å². The van der Waals surface area contributed by atoms with Crippen LogP contribution < -0.4 is 5.32 Å². The molecule has 0 radical (unpaired) electrons. The lowest BCUT2D eigenvalue weighted by Crippen LogP contribution is -2.37. The molecule has 5 heteroatoms. The largest absolute Gasteiger partial charge is 0.467 e. The number of esters is 1. The third-order valence-corrected chi connectivity index (χ3v) is 1.17. The van der Waals surface area contributed by atoms with E-state index in [1.807, 2.05) is 0 Å². The fourth-order valence-electron chi connectivity index (χ4n) is 0.623. The molecule has 0 aromatic carbocycles. The number of aliphatic hydroxyl groups excluding tert-OH is 1. The van der Waals surface area contributed by atoms with Gasteiger partial charge in [-0.2, -0.15) is 0 Å². The molecule has 1 amide bonds. The molecule has 11 heavy (non-hydrogen) atoms. The smallest absolute Gasteiger partial charge is 0.328 e. The predicted molar refractivity (Wildman–Crippen MR) is 36.7 cm³/mol. The summed E-state index contributed by atoms with van der Waals surface area (Å²) in [5.74, 6) is -0.550. The molecule has 0 aromatic heterocycles. The van der Waals surface area contributed by atoms with Gasteiger partial charge >= 0.3 is 5.97 Å². The summed E-state index contributed by atoms with van der Waals surface area (Å²) in [6.45, 7) is -0.166. The second-order valence-corrected chi connectivity index (χ2v) is 1.87. The maximum atomic E-state index is 10.7. The number of rotatable bonds is 5. The number of amides is 1. The Bertz CT molecular complexity index is 137. The van der Waals surface area contributed by atoms with Crippen molar-refractivity contribution < 1.29 is 19.4 Å². The number of nitrogens with one attached hydrogen (secondary N) is 1. The van der Waals surface area contributed by atoms with Crippen molar-refractivity contribution in [2.24, 2.45) is 0 Å². The van der Waals surface area contributed by atoms with Crippen LogP contribution in [0.2, 0.25) is 0 Å². The van der Waals surface area contributed by atoms with Gasteiger partial charge in [-0.15, -0.1) is 0 Å². The first kappa shape index (κ1) is 9.90. The summed E-state index contributed by atoms with van der Waals surface area (Å²) in [5, 5.41) is 10.7. The number of carbonyl (C=O) groups is 2. The Morgan fingerprint density at radius 3 is 2.82 bits per heavy atom. The molecule has 0 fully saturated rings. The zero-order chi connectivity index (χ0) is 8.69. The molecule has 0 rings (SSSR count). The SMILES string of the molecule is COC(=O)[C@H](CCO)NC=O. The number of aliphatic hydroxyl groups is 1. The molecule has 0 aromatic rings. The minimum Gasteiger partial charge on any atom is -0.467 e. The Balaban J connectivity index is 3.86. The second-order valence-electron chi connectivity index (χ2n) is 1.87. The predicted octanol–water partition coefficient (Wildman–Crippen LogP) is -1.34. The molecule has 5 nitrogen and oxygen atoms in total. The highest BCUT2D eigenvalue weighted by atomic mass is 16.5. The van der Waals surface area contributed by atoms with Gasteiger partial charge in [-0.05, 0) is 0 Å². The first-order chi connectivity index (χ1) is 5.26. The lowest BCUT2D eigenvalue weighted by atomic mass is 10.2. The van der Waals surface area contributed by atoms with E-state index in [-0.39, 0.29) is 13.0 Å². The van der Waals surface area contributed by atoms with Crippen molar-refractivity contribution in [2.45, 2.75) is 12.5 Å². The van der Waals surface area contributed by atoms with Crippen LogP contribution in [0.25, 0.3) is 0 Å². The Kier molecular flexibility index (Phi) is 5.10. The Hall–Kier alpha value is -1.10. The second kappa shape index (κ2) is 5.67. The molecular formula is C6H11NO4. The van der Waals surface area contributed by atoms with Crippen LogP contribution in [0.1, 0.15) is 6.42 Å². The summed E-state index contributed by atoms with van der Waals surface area (Å²) in [7, 11) is 1.22. The average Bonchev–Trinajstić information content (AvgIpc) is 2.03. The molecule has 0 heterocycles. The van der Waals surface area contributed by atoms with Crippen LogP contribution >= 0.6 is 0 Å². The number of hydrogen-bond acceptors (Lipinski definition) is 4. The maximum Gasteiger partial charge on any atom is 0.328 e. The molecule has 0 unspecified atom stereocenters. The van der Waals surface area contributed by atoms with Gasteiger partial charge < -0.3 is 15.2 Å². The van der Waals surface area contributed by atoms with Crippen LogP contribution in [0.5, 0.6) is 0 Å². The van der Waals surface area contributed by atoms with Crippen LogP contribution in [0, 0.1) is 0 Å². The van der Waals surface area contributed by atoms with Crippen LogP contribution in [0.15, 0.2) is 0 Å². The quantitative estimate of drug-likeness (QED) is 0.386. The van der Waals surface area contributed by atoms with E-state index < -0.39 is 12.0 Å². The Morgan fingerprint density at radius 1 is 1.82 bits per heavy atom. The van der Waals surface area contributed by atoms with Crippen molar-refractivity contribution in [3.63, 3.8) is 0 Å². The highest BCUT2D eigenvalue weighted by Crippen LogP contribution is 1.91. The van der Waals surface area contributed by atoms with E-state index in [0.29, 0.717) is 6.41 Å². The van der Waals surface area contributed by atoms with E-state index in [0.717, 1.165) is 0 Å². The van der Waals surface area contributed by atoms with E-state index in [9.17, 15) is 9.59 Å². The summed E-state index contributed by atoms with van der Waals surface area (Å²) in [6.07, 6.45) is 0.572. The molecule has 1 atom stereocenters. The van der Waals surface area contributed by atoms with Gasteiger partial charge in [0.2, 0.25) is 6.41 Å². The van der Waals surface area contributed by atoms with Gasteiger partial charge in [0.15, 0.2) is 0 Å². The van der Waals surface area contributed by atoms with Crippen LogP contribution in [0.3, 0.4) is 0 Å². The van der Waals surface area contributed by atoms with E-state index in [4.69, 9.17) is 5.11 Å². The molecule has 64 valence electrons. The topological polar surface area (TPSA) is 75.6 Å². The highest BCUT2D eigenvalue weighted by molar-refractivity contribution is 5.77. The lowest BCUT2D eigenvalue weighted by Gasteiger charge is -2.10. The maximum absolute atomic E-state index is 10.7. The number of ether oxygens (including phenoxy) is 1. The third kappa shape index (κ3) is 3.57. The van der Waals surface area contributed by atoms with Crippen molar-refractivity contribution in [2.75, 3.05) is 13.7 Å².